The minimum atomic E-state index is 0.135. The third-order valence-corrected chi connectivity index (χ3v) is 4.45. The molecule has 1 fully saturated rings. The minimum absolute atomic E-state index is 0.135. The second-order valence-corrected chi connectivity index (χ2v) is 5.74. The Morgan fingerprint density at radius 3 is 2.95 bits per heavy atom. The van der Waals surface area contributed by atoms with Gasteiger partial charge >= 0.3 is 0 Å². The summed E-state index contributed by atoms with van der Waals surface area (Å²) >= 11 is 0. The quantitative estimate of drug-likeness (QED) is 0.784. The van der Waals surface area contributed by atoms with Crippen molar-refractivity contribution in [3.8, 4) is 0 Å². The van der Waals surface area contributed by atoms with E-state index in [1.54, 1.807) is 0 Å². The van der Waals surface area contributed by atoms with Crippen LogP contribution in [0.5, 0.6) is 0 Å². The largest absolute Gasteiger partial charge is 0.326 e. The van der Waals surface area contributed by atoms with Crippen LogP contribution in [0, 0.1) is 0 Å². The lowest BCUT2D eigenvalue weighted by atomic mass is 9.86. The summed E-state index contributed by atoms with van der Waals surface area (Å²) in [5.74, 6) is 0.668. The van der Waals surface area contributed by atoms with Crippen molar-refractivity contribution in [3.05, 3.63) is 29.3 Å². The van der Waals surface area contributed by atoms with Crippen LogP contribution in [-0.2, 0) is 11.2 Å². The number of piperazine rings is 1. The molecule has 2 atom stereocenters. The van der Waals surface area contributed by atoms with Gasteiger partial charge < -0.3 is 16.0 Å². The van der Waals surface area contributed by atoms with Gasteiger partial charge in [-0.2, -0.15) is 0 Å². The number of amides is 1. The highest BCUT2D eigenvalue weighted by Crippen LogP contribution is 2.30. The van der Waals surface area contributed by atoms with Crippen LogP contribution in [-0.4, -0.2) is 31.6 Å². The second kappa shape index (κ2) is 5.94. The van der Waals surface area contributed by atoms with Gasteiger partial charge in [0.15, 0.2) is 0 Å². The number of anilines is 1. The molecule has 1 amide bonds. The summed E-state index contributed by atoms with van der Waals surface area (Å²) < 4.78 is 0. The molecule has 1 aromatic carbocycles. The Morgan fingerprint density at radius 1 is 1.30 bits per heavy atom. The van der Waals surface area contributed by atoms with E-state index in [1.165, 1.54) is 11.1 Å². The molecule has 2 aliphatic heterocycles. The number of nitrogens with one attached hydrogen (secondary N) is 3. The predicted octanol–water partition coefficient (Wildman–Crippen LogP) is 1.63. The summed E-state index contributed by atoms with van der Waals surface area (Å²) in [5.41, 5.74) is 3.67. The van der Waals surface area contributed by atoms with Crippen LogP contribution in [0.4, 0.5) is 5.69 Å². The molecule has 0 radical (unpaired) electrons. The Bertz CT molecular complexity index is 494. The number of fused-ring (bicyclic) bond motifs is 1. The van der Waals surface area contributed by atoms with Gasteiger partial charge in [0.2, 0.25) is 5.91 Å². The number of hydrogen-bond acceptors (Lipinski definition) is 3. The Labute approximate surface area is 120 Å². The molecule has 2 heterocycles. The lowest BCUT2D eigenvalue weighted by Gasteiger charge is -2.32. The summed E-state index contributed by atoms with van der Waals surface area (Å²) in [5, 5.41) is 10.0. The fraction of sp³-hybridized carbons (Fsp3) is 0.562. The van der Waals surface area contributed by atoms with E-state index in [0.717, 1.165) is 38.2 Å². The van der Waals surface area contributed by atoms with Crippen LogP contribution in [0.3, 0.4) is 0 Å². The standard InChI is InChI=1S/C16H23N3O/c1-2-13(15-10-17-7-8-18-15)11-3-5-14-12(9-11)4-6-16(20)19-14/h3,5,9,13,15,17-18H,2,4,6-8,10H2,1H3,(H,19,20). The topological polar surface area (TPSA) is 53.2 Å². The van der Waals surface area contributed by atoms with Crippen molar-refractivity contribution in [1.82, 2.24) is 10.6 Å². The van der Waals surface area contributed by atoms with Crippen LogP contribution in [0.25, 0.3) is 0 Å². The molecule has 0 bridgehead atoms. The van der Waals surface area contributed by atoms with Crippen LogP contribution >= 0.6 is 0 Å². The average Bonchev–Trinajstić information content (AvgIpc) is 2.49. The van der Waals surface area contributed by atoms with E-state index in [1.807, 2.05) is 0 Å². The van der Waals surface area contributed by atoms with Crippen LogP contribution in [0.1, 0.15) is 36.8 Å². The first-order chi connectivity index (χ1) is 9.78. The Morgan fingerprint density at radius 2 is 2.20 bits per heavy atom. The zero-order valence-corrected chi connectivity index (χ0v) is 12.0. The minimum Gasteiger partial charge on any atom is -0.326 e. The van der Waals surface area contributed by atoms with Crippen LogP contribution < -0.4 is 16.0 Å². The Balaban J connectivity index is 1.83. The molecule has 20 heavy (non-hydrogen) atoms. The number of carbonyl (C=O) groups excluding carboxylic acids is 1. The van der Waals surface area contributed by atoms with Crippen molar-refractivity contribution in [2.45, 2.75) is 38.1 Å². The maximum Gasteiger partial charge on any atom is 0.224 e. The van der Waals surface area contributed by atoms with Crippen LogP contribution in [0.15, 0.2) is 18.2 Å². The molecule has 0 aromatic heterocycles. The van der Waals surface area contributed by atoms with Crippen molar-refractivity contribution in [2.24, 2.45) is 0 Å². The lowest BCUT2D eigenvalue weighted by molar-refractivity contribution is -0.116. The highest BCUT2D eigenvalue weighted by atomic mass is 16.1. The first-order valence-electron chi connectivity index (χ1n) is 7.64. The molecule has 0 spiro atoms. The molecule has 4 heteroatoms. The van der Waals surface area contributed by atoms with E-state index in [2.05, 4.69) is 41.1 Å². The molecule has 1 saturated heterocycles. The molecule has 3 N–H and O–H groups in total. The average molecular weight is 273 g/mol. The molecule has 1 aromatic rings. The lowest BCUT2D eigenvalue weighted by Crippen LogP contribution is -2.51. The molecule has 0 aliphatic carbocycles. The molecule has 4 nitrogen and oxygen atoms in total. The molecule has 0 saturated carbocycles. The van der Waals surface area contributed by atoms with Crippen molar-refractivity contribution in [2.75, 3.05) is 25.0 Å². The third-order valence-electron chi connectivity index (χ3n) is 4.45. The fourth-order valence-electron chi connectivity index (χ4n) is 3.35. The summed E-state index contributed by atoms with van der Waals surface area (Å²) in [6.45, 7) is 5.39. The van der Waals surface area contributed by atoms with Crippen molar-refractivity contribution >= 4 is 11.6 Å². The second-order valence-electron chi connectivity index (χ2n) is 5.74. The smallest absolute Gasteiger partial charge is 0.224 e. The highest BCUT2D eigenvalue weighted by Gasteiger charge is 2.24. The Hall–Kier alpha value is -1.39. The van der Waals surface area contributed by atoms with Gasteiger partial charge in [-0.15, -0.1) is 0 Å². The maximum absolute atomic E-state index is 11.4. The summed E-state index contributed by atoms with van der Waals surface area (Å²) in [6, 6.07) is 7.04. The number of aryl methyl sites for hydroxylation is 1. The number of benzene rings is 1. The summed E-state index contributed by atoms with van der Waals surface area (Å²) in [7, 11) is 0. The monoisotopic (exact) mass is 273 g/mol. The van der Waals surface area contributed by atoms with Gasteiger partial charge in [-0.25, -0.2) is 0 Å². The molecule has 3 rings (SSSR count). The number of hydrogen-bond donors (Lipinski definition) is 3. The molecular weight excluding hydrogens is 250 g/mol. The molecular formula is C16H23N3O. The van der Waals surface area contributed by atoms with E-state index in [0.29, 0.717) is 18.4 Å². The van der Waals surface area contributed by atoms with Gasteiger partial charge in [-0.3, -0.25) is 4.79 Å². The van der Waals surface area contributed by atoms with E-state index < -0.39 is 0 Å². The predicted molar refractivity (Wildman–Crippen MR) is 81.1 cm³/mol. The van der Waals surface area contributed by atoms with Crippen molar-refractivity contribution in [3.63, 3.8) is 0 Å². The highest BCUT2D eigenvalue weighted by molar-refractivity contribution is 5.93. The maximum atomic E-state index is 11.4. The number of rotatable bonds is 3. The van der Waals surface area contributed by atoms with Gasteiger partial charge in [0.25, 0.3) is 0 Å². The van der Waals surface area contributed by atoms with Crippen molar-refractivity contribution < 1.29 is 4.79 Å². The first kappa shape index (κ1) is 13.6. The molecule has 2 unspecified atom stereocenters. The van der Waals surface area contributed by atoms with E-state index in [9.17, 15) is 4.79 Å². The third kappa shape index (κ3) is 2.72. The first-order valence-corrected chi connectivity index (χ1v) is 7.64. The molecule has 2 aliphatic rings. The van der Waals surface area contributed by atoms with Gasteiger partial charge in [0.1, 0.15) is 0 Å². The fourth-order valence-corrected chi connectivity index (χ4v) is 3.35. The SMILES string of the molecule is CCC(c1ccc2c(c1)CCC(=O)N2)C1CNCCN1. The zero-order chi connectivity index (χ0) is 13.9. The number of carbonyl (C=O) groups is 1. The van der Waals surface area contributed by atoms with Crippen LogP contribution in [0.2, 0.25) is 0 Å². The van der Waals surface area contributed by atoms with Gasteiger partial charge in [0.05, 0.1) is 0 Å². The van der Waals surface area contributed by atoms with Gasteiger partial charge in [-0.1, -0.05) is 19.1 Å². The summed E-state index contributed by atoms with van der Waals surface area (Å²) in [6.07, 6.45) is 2.60. The van der Waals surface area contributed by atoms with E-state index in [4.69, 9.17) is 0 Å². The molecule has 108 valence electrons. The summed E-state index contributed by atoms with van der Waals surface area (Å²) in [4.78, 5) is 11.4. The van der Waals surface area contributed by atoms with Crippen molar-refractivity contribution in [1.29, 1.82) is 0 Å². The Kier molecular flexibility index (Phi) is 4.03. The van der Waals surface area contributed by atoms with Gasteiger partial charge in [-0.05, 0) is 30.0 Å². The zero-order valence-electron chi connectivity index (χ0n) is 12.0. The van der Waals surface area contributed by atoms with E-state index in [-0.39, 0.29) is 5.91 Å². The van der Waals surface area contributed by atoms with E-state index >= 15 is 0 Å². The van der Waals surface area contributed by atoms with Gasteiger partial charge in [0, 0.05) is 43.7 Å². The normalized spacial score (nSPS) is 23.9.